The minimum Gasteiger partial charge on any atom is -0.508 e. The number of nitrogens with one attached hydrogen (secondary N) is 2. The predicted octanol–water partition coefficient (Wildman–Crippen LogP) is 4.23. The van der Waals surface area contributed by atoms with Crippen LogP contribution in [0, 0.1) is 17.3 Å². The number of nitrogens with zero attached hydrogens (tertiary/aromatic N) is 2. The summed E-state index contributed by atoms with van der Waals surface area (Å²) in [5, 5.41) is 39.5. The van der Waals surface area contributed by atoms with E-state index < -0.39 is 64.2 Å². The number of hydrogen-bond donors (Lipinski definition) is 5. The van der Waals surface area contributed by atoms with Crippen LogP contribution < -0.4 is 5.32 Å². The van der Waals surface area contributed by atoms with E-state index in [0.29, 0.717) is 56.7 Å². The lowest BCUT2D eigenvalue weighted by Crippen LogP contribution is -2.72. The third-order valence-corrected chi connectivity index (χ3v) is 14.1. The average molecular weight is 769 g/mol. The zero-order chi connectivity index (χ0) is 39.7. The Kier molecular flexibility index (Phi) is 9.47. The number of methoxy groups -OCH3 is 1. The molecule has 2 aromatic carbocycles. The SMILES string of the molecule is CCC(O)C[C@H]1CN(C=O)CCc2c([nH]c3ccccc23)[C@@](C(=O)O)(c2cc3c(cc2O)N[C@H]2C(C(=O)OC)[C@H](OC(C)=O)[C@]4(CC)C=CCN5CC[C@]32[C@H]54)C1. The molecule has 13 heteroatoms. The topological polar surface area (TPSA) is 182 Å². The van der Waals surface area contributed by atoms with E-state index in [1.807, 2.05) is 44.2 Å². The Bertz CT molecular complexity index is 2110. The van der Waals surface area contributed by atoms with Crippen LogP contribution in [-0.4, -0.2) is 112 Å². The monoisotopic (exact) mass is 768 g/mol. The summed E-state index contributed by atoms with van der Waals surface area (Å²) in [6.07, 6.45) is 5.63. The fourth-order valence-electron chi connectivity index (χ4n) is 11.8. The van der Waals surface area contributed by atoms with Gasteiger partial charge in [-0.3, -0.25) is 24.1 Å². The molecule has 13 nitrogen and oxygen atoms in total. The molecule has 9 atom stereocenters. The van der Waals surface area contributed by atoms with Gasteiger partial charge in [0.25, 0.3) is 0 Å². The summed E-state index contributed by atoms with van der Waals surface area (Å²) in [5.41, 5.74) is 0.103. The first-order valence-electron chi connectivity index (χ1n) is 19.9. The van der Waals surface area contributed by atoms with E-state index in [-0.39, 0.29) is 36.7 Å². The maximum atomic E-state index is 14.5. The van der Waals surface area contributed by atoms with Crippen LogP contribution in [0.3, 0.4) is 0 Å². The van der Waals surface area contributed by atoms with E-state index in [1.54, 1.807) is 11.0 Å². The van der Waals surface area contributed by atoms with Gasteiger partial charge in [0.1, 0.15) is 23.2 Å². The minimum atomic E-state index is -1.84. The fraction of sp³-hybridized carbons (Fsp3) is 0.535. The van der Waals surface area contributed by atoms with E-state index in [4.69, 9.17) is 9.47 Å². The predicted molar refractivity (Wildman–Crippen MR) is 207 cm³/mol. The number of aliphatic hydroxyl groups is 1. The number of esters is 2. The highest BCUT2D eigenvalue weighted by Gasteiger charge is 2.74. The van der Waals surface area contributed by atoms with E-state index in [2.05, 4.69) is 27.4 Å². The molecule has 8 rings (SSSR count). The number of aromatic nitrogens is 1. The molecule has 1 spiro atoms. The van der Waals surface area contributed by atoms with Crippen LogP contribution in [-0.2, 0) is 45.9 Å². The number of phenols is 1. The number of benzene rings is 2. The number of rotatable bonds is 9. The summed E-state index contributed by atoms with van der Waals surface area (Å²) in [6.45, 7) is 7.17. The number of para-hydroxylation sites is 1. The van der Waals surface area contributed by atoms with Gasteiger partial charge in [0.2, 0.25) is 6.41 Å². The second-order valence-corrected chi connectivity index (χ2v) is 16.6. The number of carboxylic acids is 1. The van der Waals surface area contributed by atoms with Crippen LogP contribution in [0.4, 0.5) is 5.69 Å². The Morgan fingerprint density at radius 2 is 1.91 bits per heavy atom. The molecule has 5 aliphatic rings. The highest BCUT2D eigenvalue weighted by molar-refractivity contribution is 5.93. The highest BCUT2D eigenvalue weighted by Crippen LogP contribution is 2.66. The number of aliphatic carboxylic acids is 1. The second-order valence-electron chi connectivity index (χ2n) is 16.6. The largest absolute Gasteiger partial charge is 0.508 e. The van der Waals surface area contributed by atoms with Crippen molar-refractivity contribution < 1.29 is 44.0 Å². The summed E-state index contributed by atoms with van der Waals surface area (Å²) in [7, 11) is 1.33. The Morgan fingerprint density at radius 1 is 1.12 bits per heavy atom. The molecule has 0 radical (unpaired) electrons. The lowest BCUT2D eigenvalue weighted by Gasteiger charge is -2.60. The van der Waals surface area contributed by atoms with Gasteiger partial charge in [0.15, 0.2) is 0 Å². The van der Waals surface area contributed by atoms with Gasteiger partial charge in [-0.1, -0.05) is 44.2 Å². The number of carbonyl (C=O) groups is 4. The summed E-state index contributed by atoms with van der Waals surface area (Å²) in [4.78, 5) is 61.3. The van der Waals surface area contributed by atoms with Crippen molar-refractivity contribution in [1.82, 2.24) is 14.8 Å². The van der Waals surface area contributed by atoms with E-state index in [1.165, 1.54) is 14.0 Å². The number of phenolic OH excluding ortho intramolecular Hbond substituents is 1. The van der Waals surface area contributed by atoms with Gasteiger partial charge >= 0.3 is 17.9 Å². The molecule has 1 saturated heterocycles. The third kappa shape index (κ3) is 5.33. The first kappa shape index (κ1) is 38.0. The molecule has 2 unspecified atom stereocenters. The number of aromatic hydroxyl groups is 1. The van der Waals surface area contributed by atoms with Crippen molar-refractivity contribution in [2.75, 3.05) is 38.6 Å². The standard InChI is InChI=1S/C43H52N4O9/c1-5-26(50)18-25-21-43(40(53)54,35-28(12-16-46(22-25)23-48)27-10-7-8-11-31(27)44-35)30-19-29-32(20-33(30)51)45-36-34(38(52)55-4)37(56-24(3)49)41(6-2)13-9-15-47-17-14-42(29,36)39(41)47/h7-11,13,19-20,23,25-26,34,36-37,39,44-45,50-51H,5-6,12,14-18,21-22H2,1-4H3,(H,53,54)/t25-,26?,34?,36+,37+,39-,41+,42+,43+/m1/s1. The first-order valence-corrected chi connectivity index (χ1v) is 19.9. The van der Waals surface area contributed by atoms with Gasteiger partial charge in [-0.15, -0.1) is 0 Å². The molecular formula is C43H52N4O9. The lowest BCUT2D eigenvalue weighted by molar-refractivity contribution is -0.182. The normalized spacial score (nSPS) is 32.4. The molecule has 2 fully saturated rings. The Morgan fingerprint density at radius 3 is 2.61 bits per heavy atom. The van der Waals surface area contributed by atoms with E-state index in [0.717, 1.165) is 28.4 Å². The van der Waals surface area contributed by atoms with E-state index in [9.17, 15) is 34.5 Å². The molecule has 3 aromatic rings. The molecule has 4 aliphatic heterocycles. The molecule has 5 heterocycles. The summed E-state index contributed by atoms with van der Waals surface area (Å²) >= 11 is 0. The molecule has 1 saturated carbocycles. The number of hydrogen-bond acceptors (Lipinski definition) is 10. The number of fused-ring (bicyclic) bond motifs is 4. The molecule has 0 bridgehead atoms. The summed E-state index contributed by atoms with van der Waals surface area (Å²) in [6, 6.07) is 10.2. The van der Waals surface area contributed by atoms with Crippen LogP contribution in [0.25, 0.3) is 10.9 Å². The maximum Gasteiger partial charge on any atom is 0.320 e. The summed E-state index contributed by atoms with van der Waals surface area (Å²) < 4.78 is 11.6. The average Bonchev–Trinajstić information content (AvgIpc) is 3.87. The zero-order valence-electron chi connectivity index (χ0n) is 32.4. The van der Waals surface area contributed by atoms with Crippen molar-refractivity contribution in [2.45, 2.75) is 94.4 Å². The zero-order valence-corrected chi connectivity index (χ0v) is 32.4. The summed E-state index contributed by atoms with van der Waals surface area (Å²) in [5.74, 6) is -3.80. The number of aliphatic hydroxyl groups excluding tert-OH is 1. The maximum absolute atomic E-state index is 14.5. The highest BCUT2D eigenvalue weighted by atomic mass is 16.6. The number of anilines is 1. The van der Waals surface area contributed by atoms with Crippen molar-refractivity contribution >= 4 is 40.9 Å². The van der Waals surface area contributed by atoms with Crippen molar-refractivity contribution in [3.8, 4) is 5.75 Å². The van der Waals surface area contributed by atoms with Crippen LogP contribution >= 0.6 is 0 Å². The van der Waals surface area contributed by atoms with Crippen molar-refractivity contribution in [2.24, 2.45) is 17.3 Å². The first-order chi connectivity index (χ1) is 26.9. The number of carboxylic acid groups (broad SMARTS) is 1. The molecule has 298 valence electrons. The molecule has 5 N–H and O–H groups in total. The Balaban J connectivity index is 1.40. The molecule has 1 aliphatic carbocycles. The Hall–Kier alpha value is -4.88. The van der Waals surface area contributed by atoms with Crippen LogP contribution in [0.5, 0.6) is 5.75 Å². The smallest absolute Gasteiger partial charge is 0.320 e. The number of amides is 1. The van der Waals surface area contributed by atoms with E-state index >= 15 is 0 Å². The Labute approximate surface area is 326 Å². The lowest BCUT2D eigenvalue weighted by atomic mass is 9.49. The fourth-order valence-corrected chi connectivity index (χ4v) is 11.8. The molecule has 56 heavy (non-hydrogen) atoms. The molecule has 1 aromatic heterocycles. The minimum absolute atomic E-state index is 0.0176. The number of H-pyrrole nitrogens is 1. The quantitative estimate of drug-likeness (QED) is 0.119. The van der Waals surface area contributed by atoms with Crippen LogP contribution in [0.15, 0.2) is 48.6 Å². The van der Waals surface area contributed by atoms with Crippen molar-refractivity contribution in [3.63, 3.8) is 0 Å². The number of aromatic amines is 1. The third-order valence-electron chi connectivity index (χ3n) is 14.1. The van der Waals surface area contributed by atoms with Crippen LogP contribution in [0.2, 0.25) is 0 Å². The van der Waals surface area contributed by atoms with Gasteiger partial charge in [-0.2, -0.15) is 0 Å². The molecule has 1 amide bonds. The van der Waals surface area contributed by atoms with Crippen molar-refractivity contribution in [1.29, 1.82) is 0 Å². The van der Waals surface area contributed by atoms with Crippen LogP contribution in [0.1, 0.15) is 75.3 Å². The second kappa shape index (κ2) is 13.9. The van der Waals surface area contributed by atoms with Gasteiger partial charge in [0, 0.05) is 77.3 Å². The van der Waals surface area contributed by atoms with Gasteiger partial charge in [0.05, 0.1) is 19.3 Å². The number of carbonyl (C=O) groups excluding carboxylic acids is 3. The number of ether oxygens (including phenoxy) is 2. The molecular weight excluding hydrogens is 716 g/mol. The van der Waals surface area contributed by atoms with Gasteiger partial charge < -0.3 is 40.0 Å². The van der Waals surface area contributed by atoms with Gasteiger partial charge in [-0.25, -0.2) is 0 Å². The van der Waals surface area contributed by atoms with Crippen molar-refractivity contribution in [3.05, 3.63) is 70.9 Å². The van der Waals surface area contributed by atoms with Gasteiger partial charge in [-0.05, 0) is 74.2 Å².